The number of carbonyl (C=O) groups is 2. The van der Waals surface area contributed by atoms with E-state index in [1.165, 1.54) is 0 Å². The number of aliphatic hydroxyl groups excluding tert-OH is 1. The molecule has 7 heteroatoms. The van der Waals surface area contributed by atoms with Gasteiger partial charge in [-0.05, 0) is 54.7 Å². The van der Waals surface area contributed by atoms with Crippen molar-refractivity contribution in [1.29, 1.82) is 5.41 Å². The zero-order chi connectivity index (χ0) is 25.8. The summed E-state index contributed by atoms with van der Waals surface area (Å²) < 4.78 is 0. The number of aliphatic carboxylic acids is 1. The summed E-state index contributed by atoms with van der Waals surface area (Å²) in [7, 11) is 0. The van der Waals surface area contributed by atoms with Gasteiger partial charge in [0.1, 0.15) is 11.5 Å². The van der Waals surface area contributed by atoms with Gasteiger partial charge in [0.05, 0.1) is 5.92 Å². The summed E-state index contributed by atoms with van der Waals surface area (Å²) >= 11 is 0. The van der Waals surface area contributed by atoms with Crippen LogP contribution < -0.4 is 0 Å². The fraction of sp³-hybridized carbons (Fsp3) is 0.414. The van der Waals surface area contributed by atoms with Crippen molar-refractivity contribution in [2.24, 2.45) is 11.8 Å². The Balaban J connectivity index is 1.36. The predicted molar refractivity (Wildman–Crippen MR) is 141 cm³/mol. The van der Waals surface area contributed by atoms with Crippen molar-refractivity contribution in [3.8, 4) is 0 Å². The number of carboxylic acid groups (broad SMARTS) is 1. The molecule has 1 atom stereocenters. The van der Waals surface area contributed by atoms with Crippen LogP contribution in [0.1, 0.15) is 42.4 Å². The van der Waals surface area contributed by atoms with E-state index < -0.39 is 5.97 Å². The van der Waals surface area contributed by atoms with Gasteiger partial charge in [-0.15, -0.1) is 0 Å². The standard InChI is InChI=1S/C29H35N3O4/c1-3-5-19(4-2)6-7-20-12-13-32(16-20)28(34)26(30)25-11-9-22-14-21(8-10-24(22)27(25)33)15-31-17-23(18-31)29(35)36/h3-5,8,10,14,20,23,30,33H,1-2,6-7,9,11-13,15-18H2,(H,35,36)/b19-5+,30-26?. The van der Waals surface area contributed by atoms with E-state index in [0.29, 0.717) is 62.6 Å². The van der Waals surface area contributed by atoms with Crippen molar-refractivity contribution in [1.82, 2.24) is 9.80 Å². The van der Waals surface area contributed by atoms with E-state index >= 15 is 0 Å². The number of carboxylic acids is 1. The van der Waals surface area contributed by atoms with Crippen LogP contribution >= 0.6 is 0 Å². The van der Waals surface area contributed by atoms with Gasteiger partial charge in [0.25, 0.3) is 5.91 Å². The van der Waals surface area contributed by atoms with Crippen LogP contribution in [0.3, 0.4) is 0 Å². The smallest absolute Gasteiger partial charge is 0.309 e. The molecule has 1 amide bonds. The van der Waals surface area contributed by atoms with Gasteiger partial charge in [0, 0.05) is 43.9 Å². The number of carbonyl (C=O) groups excluding carboxylic acids is 1. The summed E-state index contributed by atoms with van der Waals surface area (Å²) in [6.07, 6.45) is 9.42. The molecular formula is C29H35N3O4. The van der Waals surface area contributed by atoms with Gasteiger partial charge in [-0.2, -0.15) is 0 Å². The first-order valence-corrected chi connectivity index (χ1v) is 12.6. The Morgan fingerprint density at radius 3 is 2.64 bits per heavy atom. The molecule has 2 saturated heterocycles. The monoisotopic (exact) mass is 489 g/mol. The molecule has 7 nitrogen and oxygen atoms in total. The first-order valence-electron chi connectivity index (χ1n) is 12.6. The number of aryl methyl sites for hydroxylation is 1. The quantitative estimate of drug-likeness (QED) is 0.334. The number of aliphatic hydroxyl groups is 1. The molecule has 2 heterocycles. The summed E-state index contributed by atoms with van der Waals surface area (Å²) in [6, 6.07) is 5.83. The van der Waals surface area contributed by atoms with Crippen molar-refractivity contribution < 1.29 is 19.8 Å². The minimum atomic E-state index is -0.747. The molecule has 1 aromatic carbocycles. The van der Waals surface area contributed by atoms with Gasteiger partial charge in [-0.3, -0.25) is 19.9 Å². The Kier molecular flexibility index (Phi) is 7.89. The lowest BCUT2D eigenvalue weighted by atomic mass is 9.86. The second-order valence-electron chi connectivity index (χ2n) is 10.0. The molecule has 0 bridgehead atoms. The van der Waals surface area contributed by atoms with Gasteiger partial charge >= 0.3 is 5.97 Å². The summed E-state index contributed by atoms with van der Waals surface area (Å²) in [6.45, 7) is 10.6. The van der Waals surface area contributed by atoms with Crippen LogP contribution in [0.25, 0.3) is 5.76 Å². The molecule has 0 saturated carbocycles. The molecule has 4 rings (SSSR count). The first-order chi connectivity index (χ1) is 17.3. The van der Waals surface area contributed by atoms with E-state index in [1.807, 2.05) is 30.4 Å². The maximum absolute atomic E-state index is 13.1. The number of likely N-dealkylation sites (tertiary alicyclic amines) is 2. The average Bonchev–Trinajstić information content (AvgIpc) is 3.32. The lowest BCUT2D eigenvalue weighted by Crippen LogP contribution is -2.49. The third-order valence-electron chi connectivity index (χ3n) is 7.59. The third-order valence-corrected chi connectivity index (χ3v) is 7.59. The van der Waals surface area contributed by atoms with Crippen molar-refractivity contribution >= 4 is 23.3 Å². The summed E-state index contributed by atoms with van der Waals surface area (Å²) in [4.78, 5) is 28.0. The lowest BCUT2D eigenvalue weighted by Gasteiger charge is -2.36. The number of amides is 1. The summed E-state index contributed by atoms with van der Waals surface area (Å²) in [5, 5.41) is 28.6. The second-order valence-corrected chi connectivity index (χ2v) is 10.0. The number of benzene rings is 1. The number of nitrogens with one attached hydrogen (secondary N) is 1. The maximum Gasteiger partial charge on any atom is 0.309 e. The second kappa shape index (κ2) is 11.1. The molecule has 190 valence electrons. The number of hydrogen-bond acceptors (Lipinski definition) is 5. The van der Waals surface area contributed by atoms with Gasteiger partial charge in [-0.25, -0.2) is 0 Å². The number of hydrogen-bond donors (Lipinski definition) is 3. The van der Waals surface area contributed by atoms with Crippen LogP contribution in [-0.2, 0) is 22.6 Å². The number of allylic oxidation sites excluding steroid dienone is 4. The zero-order valence-electron chi connectivity index (χ0n) is 20.7. The van der Waals surface area contributed by atoms with Gasteiger partial charge in [0.2, 0.25) is 0 Å². The van der Waals surface area contributed by atoms with Crippen molar-refractivity contribution in [2.45, 2.75) is 38.6 Å². The van der Waals surface area contributed by atoms with Crippen LogP contribution in [0.2, 0.25) is 0 Å². The maximum atomic E-state index is 13.1. The molecule has 2 fully saturated rings. The Bertz CT molecular complexity index is 1140. The average molecular weight is 490 g/mol. The molecule has 0 radical (unpaired) electrons. The van der Waals surface area contributed by atoms with Gasteiger partial charge in [0.15, 0.2) is 0 Å². The molecule has 0 aromatic heterocycles. The van der Waals surface area contributed by atoms with E-state index in [-0.39, 0.29) is 23.3 Å². The molecule has 36 heavy (non-hydrogen) atoms. The summed E-state index contributed by atoms with van der Waals surface area (Å²) in [5.41, 5.74) is 4.19. The Morgan fingerprint density at radius 1 is 1.17 bits per heavy atom. The highest BCUT2D eigenvalue weighted by molar-refractivity contribution is 6.45. The molecule has 1 aliphatic carbocycles. The van der Waals surface area contributed by atoms with Crippen LogP contribution in [0.15, 0.2) is 60.7 Å². The van der Waals surface area contributed by atoms with Crippen LogP contribution in [0.5, 0.6) is 0 Å². The number of rotatable bonds is 10. The topological polar surface area (TPSA) is 105 Å². The Labute approximate surface area is 212 Å². The molecular weight excluding hydrogens is 454 g/mol. The fourth-order valence-corrected chi connectivity index (χ4v) is 5.40. The zero-order valence-corrected chi connectivity index (χ0v) is 20.7. The Hall–Kier alpha value is -3.45. The first kappa shape index (κ1) is 25.6. The van der Waals surface area contributed by atoms with Crippen molar-refractivity contribution in [3.05, 3.63) is 77.4 Å². The van der Waals surface area contributed by atoms with Gasteiger partial charge in [-0.1, -0.05) is 49.6 Å². The highest BCUT2D eigenvalue weighted by Gasteiger charge is 2.33. The lowest BCUT2D eigenvalue weighted by molar-refractivity contribution is -0.147. The predicted octanol–water partition coefficient (Wildman–Crippen LogP) is 4.37. The molecule has 3 N–H and O–H groups in total. The molecule has 1 aromatic rings. The van der Waals surface area contributed by atoms with Gasteiger partial charge < -0.3 is 15.1 Å². The SMILES string of the molecule is C=C/C=C(\C=C)CCC1CCN(C(=O)C(=N)C2=C(O)c3ccc(CN4CC(C(=O)O)C4)cc3CC2)C1. The number of nitrogens with zero attached hydrogens (tertiary/aromatic N) is 2. The molecule has 1 unspecified atom stereocenters. The highest BCUT2D eigenvalue weighted by atomic mass is 16.4. The van der Waals surface area contributed by atoms with E-state index in [1.54, 1.807) is 11.0 Å². The largest absolute Gasteiger partial charge is 0.507 e. The minimum Gasteiger partial charge on any atom is -0.507 e. The third kappa shape index (κ3) is 5.51. The van der Waals surface area contributed by atoms with Crippen molar-refractivity contribution in [2.75, 3.05) is 26.2 Å². The normalized spacial score (nSPS) is 20.6. The number of fused-ring (bicyclic) bond motifs is 1. The van der Waals surface area contributed by atoms with Crippen LogP contribution in [0, 0.1) is 17.2 Å². The molecule has 0 spiro atoms. The Morgan fingerprint density at radius 2 is 1.94 bits per heavy atom. The van der Waals surface area contributed by atoms with Crippen LogP contribution in [0.4, 0.5) is 0 Å². The molecule has 3 aliphatic rings. The van der Waals surface area contributed by atoms with Crippen molar-refractivity contribution in [3.63, 3.8) is 0 Å². The van der Waals surface area contributed by atoms with Crippen LogP contribution in [-0.4, -0.2) is 63.8 Å². The van der Waals surface area contributed by atoms with E-state index in [4.69, 9.17) is 10.5 Å². The minimum absolute atomic E-state index is 0.0250. The molecule has 2 aliphatic heterocycles. The fourth-order valence-electron chi connectivity index (χ4n) is 5.40. The summed E-state index contributed by atoms with van der Waals surface area (Å²) in [5.74, 6) is -0.929. The van der Waals surface area contributed by atoms with E-state index in [2.05, 4.69) is 18.1 Å². The van der Waals surface area contributed by atoms with E-state index in [9.17, 15) is 14.7 Å². The highest BCUT2D eigenvalue weighted by Crippen LogP contribution is 2.33. The van der Waals surface area contributed by atoms with E-state index in [0.717, 1.165) is 36.0 Å².